The molecule has 0 fully saturated rings. The maximum Gasteiger partial charge on any atom is 0.373 e. The molecular formula is C7H13NO3. The van der Waals surface area contributed by atoms with Crippen molar-refractivity contribution in [2.24, 2.45) is 0 Å². The van der Waals surface area contributed by atoms with Gasteiger partial charge in [-0.3, -0.25) is 4.79 Å². The van der Waals surface area contributed by atoms with Gasteiger partial charge >= 0.3 is 6.15 Å². The summed E-state index contributed by atoms with van der Waals surface area (Å²) in [5, 5.41) is 0. The average molecular weight is 159 g/mol. The summed E-state index contributed by atoms with van der Waals surface area (Å²) in [4.78, 5) is 28.7. The van der Waals surface area contributed by atoms with Crippen molar-refractivity contribution < 1.29 is 14.4 Å². The quantitative estimate of drug-likeness (QED) is 0.579. The third-order valence-electron chi connectivity index (χ3n) is 0.887. The van der Waals surface area contributed by atoms with Crippen LogP contribution in [0.15, 0.2) is 0 Å². The van der Waals surface area contributed by atoms with Gasteiger partial charge in [0.2, 0.25) is 0 Å². The van der Waals surface area contributed by atoms with Crippen LogP contribution in [0.2, 0.25) is 0 Å². The first-order chi connectivity index (χ1) is 5.08. The summed E-state index contributed by atoms with van der Waals surface area (Å²) in [5.74, 6) is 0.301. The van der Waals surface area contributed by atoms with Gasteiger partial charge in [0.05, 0.1) is 6.54 Å². The number of likely N-dealkylation sites (N-methyl/N-ethyl adjacent to an activating group) is 1. The lowest BCUT2D eigenvalue weighted by Crippen LogP contribution is -2.20. The molecule has 0 aromatic carbocycles. The van der Waals surface area contributed by atoms with E-state index in [4.69, 9.17) is 9.59 Å². The van der Waals surface area contributed by atoms with Gasteiger partial charge in [-0.15, -0.1) is 0 Å². The average Bonchev–Trinajstić information content (AvgIpc) is 1.88. The lowest BCUT2D eigenvalue weighted by Gasteiger charge is -2.05. The lowest BCUT2D eigenvalue weighted by atomic mass is 10.3. The van der Waals surface area contributed by atoms with Crippen molar-refractivity contribution in [3.8, 4) is 0 Å². The number of hydrogen-bond donors (Lipinski definition) is 0. The number of Topliss-reactive ketones (excluding diaryl/α,β-unsaturated/α-hetero) is 1. The first kappa shape index (κ1) is 12.7. The summed E-state index contributed by atoms with van der Waals surface area (Å²) in [5.41, 5.74) is 0. The maximum absolute atomic E-state index is 10.6. The molecule has 0 saturated carbocycles. The summed E-state index contributed by atoms with van der Waals surface area (Å²) in [6.45, 7) is 2.46. The van der Waals surface area contributed by atoms with Crippen LogP contribution in [0.5, 0.6) is 0 Å². The van der Waals surface area contributed by atoms with Crippen molar-refractivity contribution in [2.45, 2.75) is 13.3 Å². The van der Waals surface area contributed by atoms with Crippen LogP contribution in [0.25, 0.3) is 0 Å². The number of carbonyl (C=O) groups excluding carboxylic acids is 3. The van der Waals surface area contributed by atoms with Gasteiger partial charge in [-0.2, -0.15) is 9.59 Å². The Balaban J connectivity index is 0. The molecule has 0 amide bonds. The minimum Gasteiger partial charge on any atom is -0.302 e. The highest BCUT2D eigenvalue weighted by molar-refractivity contribution is 5.79. The Morgan fingerprint density at radius 1 is 1.36 bits per heavy atom. The molecule has 0 saturated heterocycles. The molecule has 64 valence electrons. The van der Waals surface area contributed by atoms with E-state index in [1.807, 2.05) is 25.9 Å². The van der Waals surface area contributed by atoms with Crippen LogP contribution in [0.3, 0.4) is 0 Å². The predicted octanol–water partition coefficient (Wildman–Crippen LogP) is -0.0564. The van der Waals surface area contributed by atoms with Crippen LogP contribution in [0.1, 0.15) is 13.3 Å². The highest BCUT2D eigenvalue weighted by Gasteiger charge is 1.96. The molecule has 0 aliphatic carbocycles. The third-order valence-corrected chi connectivity index (χ3v) is 0.887. The second kappa shape index (κ2) is 9.01. The molecule has 0 bridgehead atoms. The molecule has 4 nitrogen and oxygen atoms in total. The highest BCUT2D eigenvalue weighted by atomic mass is 16.2. The van der Waals surface area contributed by atoms with Crippen LogP contribution in [0, 0.1) is 0 Å². The zero-order valence-corrected chi connectivity index (χ0v) is 7.09. The summed E-state index contributed by atoms with van der Waals surface area (Å²) >= 11 is 0. The normalized spacial score (nSPS) is 8.00. The molecule has 0 N–H and O–H groups in total. The summed E-state index contributed by atoms with van der Waals surface area (Å²) < 4.78 is 0. The van der Waals surface area contributed by atoms with E-state index in [9.17, 15) is 4.79 Å². The molecule has 0 atom stereocenters. The summed E-state index contributed by atoms with van der Waals surface area (Å²) in [7, 11) is 3.79. The van der Waals surface area contributed by atoms with Crippen LogP contribution >= 0.6 is 0 Å². The van der Waals surface area contributed by atoms with Crippen LogP contribution in [0.4, 0.5) is 0 Å². The minimum atomic E-state index is 0.250. The topological polar surface area (TPSA) is 54.5 Å². The zero-order chi connectivity index (χ0) is 9.28. The van der Waals surface area contributed by atoms with Gasteiger partial charge in [0, 0.05) is 6.42 Å². The fraction of sp³-hybridized carbons (Fsp3) is 0.714. The van der Waals surface area contributed by atoms with Gasteiger partial charge in [0.1, 0.15) is 5.78 Å². The van der Waals surface area contributed by atoms with E-state index in [0.29, 0.717) is 18.7 Å². The Hall–Kier alpha value is -0.990. The molecule has 0 aromatic rings. The van der Waals surface area contributed by atoms with Crippen LogP contribution in [-0.2, 0) is 14.4 Å². The summed E-state index contributed by atoms with van der Waals surface area (Å²) in [6, 6.07) is 0. The number of hydrogen-bond acceptors (Lipinski definition) is 4. The van der Waals surface area contributed by atoms with Crippen molar-refractivity contribution in [3.05, 3.63) is 0 Å². The Morgan fingerprint density at radius 3 is 1.82 bits per heavy atom. The Labute approximate surface area is 66.2 Å². The molecule has 0 aliphatic rings. The first-order valence-electron chi connectivity index (χ1n) is 3.24. The van der Waals surface area contributed by atoms with E-state index < -0.39 is 0 Å². The van der Waals surface area contributed by atoms with Gasteiger partial charge in [-0.05, 0) is 14.1 Å². The van der Waals surface area contributed by atoms with Crippen molar-refractivity contribution in [3.63, 3.8) is 0 Å². The molecule has 0 aromatic heterocycles. The molecule has 4 heteroatoms. The maximum atomic E-state index is 10.6. The monoisotopic (exact) mass is 159 g/mol. The van der Waals surface area contributed by atoms with Gasteiger partial charge in [-0.25, -0.2) is 0 Å². The second-order valence-electron chi connectivity index (χ2n) is 2.21. The number of nitrogens with zero attached hydrogens (tertiary/aromatic N) is 1. The minimum absolute atomic E-state index is 0.250. The van der Waals surface area contributed by atoms with Gasteiger partial charge in [0.15, 0.2) is 0 Å². The van der Waals surface area contributed by atoms with Crippen LogP contribution in [-0.4, -0.2) is 37.5 Å². The Morgan fingerprint density at radius 2 is 1.73 bits per heavy atom. The fourth-order valence-corrected chi connectivity index (χ4v) is 0.465. The number of carbonyl (C=O) groups is 1. The number of rotatable bonds is 3. The smallest absolute Gasteiger partial charge is 0.302 e. The van der Waals surface area contributed by atoms with Gasteiger partial charge < -0.3 is 4.90 Å². The predicted molar refractivity (Wildman–Crippen MR) is 38.9 cm³/mol. The Bertz CT molecular complexity index is 137. The van der Waals surface area contributed by atoms with E-state index >= 15 is 0 Å². The van der Waals surface area contributed by atoms with E-state index in [0.717, 1.165) is 0 Å². The number of ketones is 1. The fourth-order valence-electron chi connectivity index (χ4n) is 0.465. The largest absolute Gasteiger partial charge is 0.373 e. The van der Waals surface area contributed by atoms with E-state index in [1.165, 1.54) is 0 Å². The van der Waals surface area contributed by atoms with Crippen molar-refractivity contribution in [1.82, 2.24) is 4.90 Å². The third kappa shape index (κ3) is 17.6. The highest BCUT2D eigenvalue weighted by Crippen LogP contribution is 1.81. The second-order valence-corrected chi connectivity index (χ2v) is 2.21. The standard InChI is InChI=1S/C6H13NO.CO2/c1-4-6(8)5-7(2)3;2-1-3/h4-5H2,1-3H3;. The lowest BCUT2D eigenvalue weighted by molar-refractivity contribution is -0.191. The van der Waals surface area contributed by atoms with Gasteiger partial charge in [-0.1, -0.05) is 6.92 Å². The zero-order valence-electron chi connectivity index (χ0n) is 7.09. The van der Waals surface area contributed by atoms with Crippen molar-refractivity contribution in [2.75, 3.05) is 20.6 Å². The summed E-state index contributed by atoms with van der Waals surface area (Å²) in [6.07, 6.45) is 0.901. The van der Waals surface area contributed by atoms with Crippen molar-refractivity contribution in [1.29, 1.82) is 0 Å². The van der Waals surface area contributed by atoms with E-state index in [-0.39, 0.29) is 6.15 Å². The first-order valence-corrected chi connectivity index (χ1v) is 3.24. The molecule has 0 rings (SSSR count). The van der Waals surface area contributed by atoms with Crippen molar-refractivity contribution >= 4 is 11.9 Å². The van der Waals surface area contributed by atoms with Gasteiger partial charge in [0.25, 0.3) is 0 Å². The SMILES string of the molecule is CCC(=O)CN(C)C.O=C=O. The molecule has 0 radical (unpaired) electrons. The van der Waals surface area contributed by atoms with E-state index in [2.05, 4.69) is 0 Å². The molecular weight excluding hydrogens is 146 g/mol. The molecule has 0 spiro atoms. The molecule has 11 heavy (non-hydrogen) atoms. The van der Waals surface area contributed by atoms with Crippen LogP contribution < -0.4 is 0 Å². The molecule has 0 aliphatic heterocycles. The molecule has 0 unspecified atom stereocenters. The van der Waals surface area contributed by atoms with E-state index in [1.54, 1.807) is 0 Å². The Kier molecular flexibility index (Phi) is 10.4. The molecule has 0 heterocycles.